The van der Waals surface area contributed by atoms with Crippen molar-refractivity contribution in [2.75, 3.05) is 5.32 Å². The second-order valence-corrected chi connectivity index (χ2v) is 9.82. The molecule has 0 saturated carbocycles. The summed E-state index contributed by atoms with van der Waals surface area (Å²) in [6.07, 6.45) is 9.04. The van der Waals surface area contributed by atoms with Crippen LogP contribution in [0.2, 0.25) is 0 Å². The van der Waals surface area contributed by atoms with Crippen LogP contribution in [0.4, 0.5) is 5.82 Å². The zero-order valence-corrected chi connectivity index (χ0v) is 21.8. The number of fused-ring (bicyclic) bond motifs is 5. The number of nitrogens with zero attached hydrogens (tertiary/aromatic N) is 7. The smallest absolute Gasteiger partial charge is 0.165 e. The zero-order valence-electron chi connectivity index (χ0n) is 21.8. The van der Waals surface area contributed by atoms with E-state index in [1.807, 2.05) is 54.7 Å². The molecule has 0 radical (unpaired) electrons. The van der Waals surface area contributed by atoms with Gasteiger partial charge in [-0.15, -0.1) is 0 Å². The van der Waals surface area contributed by atoms with E-state index < -0.39 is 0 Å². The Balaban J connectivity index is 1.26. The first-order valence-corrected chi connectivity index (χ1v) is 13.3. The van der Waals surface area contributed by atoms with E-state index in [9.17, 15) is 0 Å². The molecule has 0 bridgehead atoms. The van der Waals surface area contributed by atoms with Crippen LogP contribution in [0, 0.1) is 0 Å². The highest BCUT2D eigenvalue weighted by molar-refractivity contribution is 5.83. The van der Waals surface area contributed by atoms with E-state index in [0.717, 1.165) is 45.0 Å². The van der Waals surface area contributed by atoms with E-state index in [0.29, 0.717) is 17.5 Å². The molecule has 8 nitrogen and oxygen atoms in total. The Morgan fingerprint density at radius 2 is 1.29 bits per heavy atom. The normalized spacial score (nSPS) is 13.8. The van der Waals surface area contributed by atoms with Gasteiger partial charge in [0, 0.05) is 53.2 Å². The largest absolute Gasteiger partial charge is 0.358 e. The molecule has 1 N–H and O–H groups in total. The summed E-state index contributed by atoms with van der Waals surface area (Å²) >= 11 is 0. The highest BCUT2D eigenvalue weighted by atomic mass is 15.2. The molecule has 6 heterocycles. The van der Waals surface area contributed by atoms with Gasteiger partial charge in [0.1, 0.15) is 17.2 Å². The summed E-state index contributed by atoms with van der Waals surface area (Å²) in [5.74, 6) is 2.68. The number of benzene rings is 2. The summed E-state index contributed by atoms with van der Waals surface area (Å²) in [6.45, 7) is 0. The monoisotopic (exact) mass is 530 g/mol. The van der Waals surface area contributed by atoms with Crippen LogP contribution < -0.4 is 5.32 Å². The van der Waals surface area contributed by atoms with E-state index in [1.54, 1.807) is 24.8 Å². The minimum absolute atomic E-state index is 0.0869. The van der Waals surface area contributed by atoms with Crippen molar-refractivity contribution in [3.05, 3.63) is 133 Å². The molecule has 0 aliphatic carbocycles. The summed E-state index contributed by atoms with van der Waals surface area (Å²) in [6, 6.07) is 30.4. The van der Waals surface area contributed by atoms with E-state index in [1.165, 1.54) is 5.56 Å². The van der Waals surface area contributed by atoms with E-state index in [4.69, 9.17) is 19.9 Å². The van der Waals surface area contributed by atoms with Crippen LogP contribution in [-0.2, 0) is 0 Å². The molecule has 8 rings (SSSR count). The van der Waals surface area contributed by atoms with Crippen LogP contribution >= 0.6 is 0 Å². The molecule has 1 atom stereocenters. The standard InChI is InChI=1S/C33H22N8/c1-2-13-26-25(12-1)28(37-33-29(26)36-27-14-3-4-17-41(27)33)21-8-5-9-22(18-21)30-38-31(23-10-6-15-34-19-23)40-32(39-30)24-11-7-16-35-20-24/h1-20,28,37H. The molecule has 7 aromatic rings. The first-order chi connectivity index (χ1) is 20.3. The average Bonchev–Trinajstić information content (AvgIpc) is 3.44. The number of hydrogen-bond acceptors (Lipinski definition) is 7. The maximum Gasteiger partial charge on any atom is 0.165 e. The van der Waals surface area contributed by atoms with Gasteiger partial charge in [0.2, 0.25) is 0 Å². The van der Waals surface area contributed by atoms with Gasteiger partial charge in [0.15, 0.2) is 17.5 Å². The summed E-state index contributed by atoms with van der Waals surface area (Å²) < 4.78 is 2.11. The molecule has 1 aliphatic heterocycles. The quantitative estimate of drug-likeness (QED) is 0.278. The van der Waals surface area contributed by atoms with Crippen molar-refractivity contribution < 1.29 is 0 Å². The fourth-order valence-corrected chi connectivity index (χ4v) is 5.37. The lowest BCUT2D eigenvalue weighted by Gasteiger charge is -2.28. The van der Waals surface area contributed by atoms with E-state index in [2.05, 4.69) is 62.2 Å². The van der Waals surface area contributed by atoms with Crippen LogP contribution in [0.25, 0.3) is 51.1 Å². The number of aromatic nitrogens is 7. The fraction of sp³-hybridized carbons (Fsp3) is 0.0303. The van der Waals surface area contributed by atoms with Crippen molar-refractivity contribution in [3.63, 3.8) is 0 Å². The third kappa shape index (κ3) is 4.01. The number of hydrogen-bond donors (Lipinski definition) is 1. The number of anilines is 1. The predicted octanol–water partition coefficient (Wildman–Crippen LogP) is 6.49. The Kier molecular flexibility index (Phi) is 5.34. The van der Waals surface area contributed by atoms with Crippen molar-refractivity contribution in [2.24, 2.45) is 0 Å². The average molecular weight is 531 g/mol. The Bertz CT molecular complexity index is 1980. The van der Waals surface area contributed by atoms with Gasteiger partial charge < -0.3 is 5.32 Å². The van der Waals surface area contributed by atoms with Crippen LogP contribution in [-0.4, -0.2) is 34.3 Å². The predicted molar refractivity (Wildman–Crippen MR) is 158 cm³/mol. The van der Waals surface area contributed by atoms with Gasteiger partial charge in [-0.2, -0.15) is 0 Å². The number of pyridine rings is 3. The first-order valence-electron chi connectivity index (χ1n) is 13.3. The van der Waals surface area contributed by atoms with Crippen molar-refractivity contribution >= 4 is 11.5 Å². The van der Waals surface area contributed by atoms with Gasteiger partial charge >= 0.3 is 0 Å². The Labute approximate surface area is 235 Å². The molecule has 5 aromatic heterocycles. The highest BCUT2D eigenvalue weighted by Gasteiger charge is 2.29. The summed E-state index contributed by atoms with van der Waals surface area (Å²) in [4.78, 5) is 28.0. The maximum absolute atomic E-state index is 4.93. The Morgan fingerprint density at radius 3 is 2.02 bits per heavy atom. The minimum Gasteiger partial charge on any atom is -0.358 e. The molecule has 1 unspecified atom stereocenters. The van der Waals surface area contributed by atoms with Crippen LogP contribution in [0.15, 0.2) is 122 Å². The lowest BCUT2D eigenvalue weighted by atomic mass is 9.89. The third-order valence-corrected chi connectivity index (χ3v) is 7.29. The van der Waals surface area contributed by atoms with Crippen LogP contribution in [0.3, 0.4) is 0 Å². The molecule has 194 valence electrons. The molecule has 2 aromatic carbocycles. The molecule has 0 amide bonds. The summed E-state index contributed by atoms with van der Waals surface area (Å²) in [5, 5.41) is 3.78. The van der Waals surface area contributed by atoms with E-state index in [-0.39, 0.29) is 6.04 Å². The minimum atomic E-state index is -0.0869. The molecule has 1 aliphatic rings. The van der Waals surface area contributed by atoms with Crippen LogP contribution in [0.1, 0.15) is 17.2 Å². The van der Waals surface area contributed by atoms with Gasteiger partial charge in [0.25, 0.3) is 0 Å². The van der Waals surface area contributed by atoms with Gasteiger partial charge in [-0.05, 0) is 53.6 Å². The lowest BCUT2D eigenvalue weighted by molar-refractivity contribution is 0.909. The Morgan fingerprint density at radius 1 is 0.610 bits per heavy atom. The molecule has 41 heavy (non-hydrogen) atoms. The SMILES string of the molecule is c1cncc(-c2nc(-c3cccnc3)nc(-c3cccc(C4Nc5c(nc6ccccn56)-c5ccccc54)c3)n2)c1. The molecule has 0 saturated heterocycles. The highest BCUT2D eigenvalue weighted by Crippen LogP contribution is 2.43. The Hall–Kier alpha value is -5.76. The van der Waals surface area contributed by atoms with Crippen molar-refractivity contribution in [2.45, 2.75) is 6.04 Å². The fourth-order valence-electron chi connectivity index (χ4n) is 5.37. The number of rotatable bonds is 4. The number of imidazole rings is 1. The van der Waals surface area contributed by atoms with Gasteiger partial charge in [0.05, 0.1) is 6.04 Å². The third-order valence-electron chi connectivity index (χ3n) is 7.29. The first kappa shape index (κ1) is 23.2. The maximum atomic E-state index is 4.93. The molecular weight excluding hydrogens is 508 g/mol. The number of nitrogens with one attached hydrogen (secondary N) is 1. The van der Waals surface area contributed by atoms with Crippen LogP contribution in [0.5, 0.6) is 0 Å². The van der Waals surface area contributed by atoms with Crippen molar-refractivity contribution in [3.8, 4) is 45.4 Å². The second-order valence-electron chi connectivity index (χ2n) is 9.82. The van der Waals surface area contributed by atoms with Crippen molar-refractivity contribution in [1.82, 2.24) is 34.3 Å². The molecule has 8 heteroatoms. The molecule has 0 spiro atoms. The summed E-state index contributed by atoms with van der Waals surface area (Å²) in [5.41, 5.74) is 7.78. The zero-order chi connectivity index (χ0) is 27.2. The van der Waals surface area contributed by atoms with Gasteiger partial charge in [-0.1, -0.05) is 48.5 Å². The lowest BCUT2D eigenvalue weighted by Crippen LogP contribution is -2.19. The van der Waals surface area contributed by atoms with Crippen molar-refractivity contribution in [1.29, 1.82) is 0 Å². The summed E-state index contributed by atoms with van der Waals surface area (Å²) in [7, 11) is 0. The van der Waals surface area contributed by atoms with E-state index >= 15 is 0 Å². The molecule has 0 fully saturated rings. The topological polar surface area (TPSA) is 93.8 Å². The second kappa shape index (κ2) is 9.46. The van der Waals surface area contributed by atoms with Gasteiger partial charge in [-0.25, -0.2) is 19.9 Å². The van der Waals surface area contributed by atoms with Gasteiger partial charge in [-0.3, -0.25) is 14.4 Å². The molecular formula is C33H22N8.